The van der Waals surface area contributed by atoms with E-state index in [-0.39, 0.29) is 6.04 Å². The molecule has 1 aromatic heterocycles. The van der Waals surface area contributed by atoms with Crippen LogP contribution in [-0.4, -0.2) is 43.2 Å². The molecule has 3 rings (SSSR count). The monoisotopic (exact) mass is 344 g/mol. The predicted octanol–water partition coefficient (Wildman–Crippen LogP) is 2.66. The first-order valence-electron chi connectivity index (χ1n) is 7.84. The Morgan fingerprint density at radius 2 is 2.14 bits per heavy atom. The minimum atomic E-state index is -3.37. The lowest BCUT2D eigenvalue weighted by Gasteiger charge is -2.44. The molecule has 0 amide bonds. The smallest absolute Gasteiger partial charge is 0.222 e. The summed E-state index contributed by atoms with van der Waals surface area (Å²) in [6, 6.07) is -0.0609. The lowest BCUT2D eigenvalue weighted by Crippen LogP contribution is -2.55. The van der Waals surface area contributed by atoms with Crippen LogP contribution < -0.4 is 0 Å². The van der Waals surface area contributed by atoms with Gasteiger partial charge in [-0.1, -0.05) is 6.42 Å². The van der Waals surface area contributed by atoms with Crippen LogP contribution in [0.25, 0.3) is 0 Å². The summed E-state index contributed by atoms with van der Waals surface area (Å²) in [7, 11) is -0.0517. The molecule has 0 bridgehead atoms. The second-order valence-corrected chi connectivity index (χ2v) is 10.1. The molecule has 1 heterocycles. The Balaban J connectivity index is 1.92. The van der Waals surface area contributed by atoms with Crippen molar-refractivity contribution in [1.29, 1.82) is 0 Å². The van der Waals surface area contributed by atoms with Gasteiger partial charge in [-0.2, -0.15) is 4.31 Å². The number of fused-ring (bicyclic) bond motifs is 1. The van der Waals surface area contributed by atoms with Gasteiger partial charge in [0.2, 0.25) is 10.0 Å². The molecule has 0 saturated heterocycles. The molecule has 1 aromatic rings. The van der Waals surface area contributed by atoms with Gasteiger partial charge >= 0.3 is 0 Å². The van der Waals surface area contributed by atoms with Gasteiger partial charge < -0.3 is 4.74 Å². The quantitative estimate of drug-likeness (QED) is 0.824. The van der Waals surface area contributed by atoms with E-state index in [0.717, 1.165) is 41.3 Å². The summed E-state index contributed by atoms with van der Waals surface area (Å²) in [6.45, 7) is 2.29. The molecule has 0 aromatic carbocycles. The fraction of sp³-hybridized carbons (Fsp3) is 0.800. The molecule has 7 heteroatoms. The van der Waals surface area contributed by atoms with Gasteiger partial charge in [-0.15, -0.1) is 11.3 Å². The van der Waals surface area contributed by atoms with E-state index >= 15 is 0 Å². The Kier molecular flexibility index (Phi) is 4.35. The number of hydrogen-bond donors (Lipinski definition) is 0. The van der Waals surface area contributed by atoms with Crippen LogP contribution in [-0.2, 0) is 21.2 Å². The molecule has 2 aliphatic carbocycles. The Labute approximate surface area is 136 Å². The van der Waals surface area contributed by atoms with Crippen LogP contribution in [0.15, 0.2) is 0 Å². The second-order valence-electron chi connectivity index (χ2n) is 6.44. The van der Waals surface area contributed by atoms with E-state index in [1.54, 1.807) is 29.8 Å². The first kappa shape index (κ1) is 16.4. The first-order valence-corrected chi connectivity index (χ1v) is 10.1. The Bertz CT molecular complexity index is 650. The maximum absolute atomic E-state index is 13.2. The summed E-state index contributed by atoms with van der Waals surface area (Å²) in [6.07, 6.45) is 5.22. The van der Waals surface area contributed by atoms with Crippen molar-refractivity contribution in [2.45, 2.75) is 56.2 Å². The number of nitrogens with zero attached hydrogens (tertiary/aromatic N) is 2. The summed E-state index contributed by atoms with van der Waals surface area (Å²) in [5.41, 5.74) is 1.09. The van der Waals surface area contributed by atoms with Crippen molar-refractivity contribution in [1.82, 2.24) is 9.29 Å². The van der Waals surface area contributed by atoms with Crippen molar-refractivity contribution in [3.63, 3.8) is 0 Å². The third-order valence-corrected chi connectivity index (χ3v) is 8.81. The highest BCUT2D eigenvalue weighted by molar-refractivity contribution is 7.90. The van der Waals surface area contributed by atoms with Crippen molar-refractivity contribution in [2.24, 2.45) is 0 Å². The second kappa shape index (κ2) is 5.85. The highest BCUT2D eigenvalue weighted by Crippen LogP contribution is 2.45. The minimum Gasteiger partial charge on any atom is -0.383 e. The minimum absolute atomic E-state index is 0.0609. The Hall–Kier alpha value is -0.500. The standard InChI is InChI=1S/C15H24N2O3S2/c1-11-16-12-6-4-7-13(14(12)21-11)17(2)22(18,19)15(10-20-3)8-5-9-15/h13H,4-10H2,1-3H3. The van der Waals surface area contributed by atoms with Gasteiger partial charge in [-0.3, -0.25) is 0 Å². The maximum Gasteiger partial charge on any atom is 0.222 e. The van der Waals surface area contributed by atoms with Crippen LogP contribution >= 0.6 is 11.3 Å². The molecule has 0 radical (unpaired) electrons. The zero-order valence-electron chi connectivity index (χ0n) is 13.5. The fourth-order valence-electron chi connectivity index (χ4n) is 3.65. The fourth-order valence-corrected chi connectivity index (χ4v) is 7.10. The molecule has 2 aliphatic rings. The summed E-state index contributed by atoms with van der Waals surface area (Å²) in [4.78, 5) is 5.71. The van der Waals surface area contributed by atoms with Gasteiger partial charge in [-0.25, -0.2) is 13.4 Å². The molecule has 1 unspecified atom stereocenters. The van der Waals surface area contributed by atoms with E-state index in [1.807, 2.05) is 6.92 Å². The Morgan fingerprint density at radius 3 is 2.73 bits per heavy atom. The van der Waals surface area contributed by atoms with Crippen LogP contribution in [0.2, 0.25) is 0 Å². The van der Waals surface area contributed by atoms with Crippen LogP contribution in [0.3, 0.4) is 0 Å². The van der Waals surface area contributed by atoms with Crippen LogP contribution in [0.1, 0.15) is 53.7 Å². The third kappa shape index (κ3) is 2.42. The number of aryl methyl sites for hydroxylation is 2. The van der Waals surface area contributed by atoms with Crippen LogP contribution in [0, 0.1) is 6.92 Å². The van der Waals surface area contributed by atoms with Gasteiger partial charge in [-0.05, 0) is 39.0 Å². The summed E-state index contributed by atoms with van der Waals surface area (Å²) in [5.74, 6) is 0. The molecular formula is C15H24N2O3S2. The largest absolute Gasteiger partial charge is 0.383 e. The maximum atomic E-state index is 13.2. The summed E-state index contributed by atoms with van der Waals surface area (Å²) >= 11 is 1.64. The van der Waals surface area contributed by atoms with E-state index in [9.17, 15) is 8.42 Å². The number of ether oxygens (including phenoxy) is 1. The van der Waals surface area contributed by atoms with E-state index < -0.39 is 14.8 Å². The molecule has 0 aliphatic heterocycles. The zero-order valence-corrected chi connectivity index (χ0v) is 15.1. The lowest BCUT2D eigenvalue weighted by atomic mass is 9.85. The first-order chi connectivity index (χ1) is 10.4. The average molecular weight is 345 g/mol. The Morgan fingerprint density at radius 1 is 1.41 bits per heavy atom. The van der Waals surface area contributed by atoms with E-state index in [1.165, 1.54) is 0 Å². The summed E-state index contributed by atoms with van der Waals surface area (Å²) in [5, 5.41) is 1.03. The number of rotatable bonds is 5. The van der Waals surface area contributed by atoms with Crippen molar-refractivity contribution in [3.05, 3.63) is 15.6 Å². The normalized spacial score (nSPS) is 24.1. The molecular weight excluding hydrogens is 320 g/mol. The highest BCUT2D eigenvalue weighted by Gasteiger charge is 2.52. The van der Waals surface area contributed by atoms with Crippen molar-refractivity contribution in [3.8, 4) is 0 Å². The number of thiazole rings is 1. The van der Waals surface area contributed by atoms with Gasteiger partial charge in [0.25, 0.3) is 0 Å². The van der Waals surface area contributed by atoms with Crippen molar-refractivity contribution in [2.75, 3.05) is 20.8 Å². The lowest BCUT2D eigenvalue weighted by molar-refractivity contribution is 0.121. The van der Waals surface area contributed by atoms with E-state index in [0.29, 0.717) is 19.4 Å². The number of aromatic nitrogens is 1. The molecule has 1 saturated carbocycles. The van der Waals surface area contributed by atoms with Gasteiger partial charge in [0.15, 0.2) is 0 Å². The molecule has 0 N–H and O–H groups in total. The number of hydrogen-bond acceptors (Lipinski definition) is 5. The average Bonchev–Trinajstić information content (AvgIpc) is 2.81. The molecule has 5 nitrogen and oxygen atoms in total. The summed E-state index contributed by atoms with van der Waals surface area (Å²) < 4.78 is 32.5. The van der Waals surface area contributed by atoms with Crippen molar-refractivity contribution >= 4 is 21.4 Å². The van der Waals surface area contributed by atoms with E-state index in [4.69, 9.17) is 4.74 Å². The zero-order chi connectivity index (χ0) is 16.0. The van der Waals surface area contributed by atoms with E-state index in [2.05, 4.69) is 4.98 Å². The highest BCUT2D eigenvalue weighted by atomic mass is 32.2. The molecule has 1 fully saturated rings. The van der Waals surface area contributed by atoms with Crippen molar-refractivity contribution < 1.29 is 13.2 Å². The number of sulfonamides is 1. The van der Waals surface area contributed by atoms with Gasteiger partial charge in [0, 0.05) is 19.0 Å². The topological polar surface area (TPSA) is 59.5 Å². The molecule has 124 valence electrons. The molecule has 22 heavy (non-hydrogen) atoms. The third-order valence-electron chi connectivity index (χ3n) is 5.07. The molecule has 0 spiro atoms. The predicted molar refractivity (Wildman–Crippen MR) is 87.7 cm³/mol. The van der Waals surface area contributed by atoms with Gasteiger partial charge in [0.05, 0.1) is 23.4 Å². The van der Waals surface area contributed by atoms with Gasteiger partial charge in [0.1, 0.15) is 4.75 Å². The SMILES string of the molecule is COCC1(S(=O)(=O)N(C)C2CCCc3nc(C)sc32)CCC1. The number of methoxy groups -OCH3 is 1. The van der Waals surface area contributed by atoms with Crippen LogP contribution in [0.4, 0.5) is 0 Å². The molecule has 1 atom stereocenters. The van der Waals surface area contributed by atoms with Crippen LogP contribution in [0.5, 0.6) is 0 Å².